The SMILES string of the molecule is Cc1c(C(=O)O)n(CCCOc2cc(S)cc3cc(F)ccc23)c2ccc(Cl)c(-c3c(COC(=O)C(F)(F)F)nn4c3COCC4)c12. The lowest BCUT2D eigenvalue weighted by Crippen LogP contribution is -2.25. The summed E-state index contributed by atoms with van der Waals surface area (Å²) in [6, 6.07) is 11.0. The van der Waals surface area contributed by atoms with Crippen molar-refractivity contribution in [2.24, 2.45) is 0 Å². The Morgan fingerprint density at radius 2 is 1.94 bits per heavy atom. The molecule has 0 unspecified atom stereocenters. The van der Waals surface area contributed by atoms with E-state index in [-0.39, 0.29) is 36.2 Å². The van der Waals surface area contributed by atoms with Crippen molar-refractivity contribution in [1.82, 2.24) is 14.3 Å². The number of carboxylic acid groups (broad SMARTS) is 1. The summed E-state index contributed by atoms with van der Waals surface area (Å²) in [6.07, 6.45) is -4.83. The van der Waals surface area contributed by atoms with Gasteiger partial charge in [0.2, 0.25) is 0 Å². The number of carbonyl (C=O) groups is 2. The van der Waals surface area contributed by atoms with Crippen LogP contribution in [0.25, 0.3) is 32.8 Å². The number of esters is 1. The van der Waals surface area contributed by atoms with Gasteiger partial charge in [-0.1, -0.05) is 11.6 Å². The first-order valence-corrected chi connectivity index (χ1v) is 15.2. The van der Waals surface area contributed by atoms with Crippen LogP contribution in [0, 0.1) is 12.7 Å². The zero-order chi connectivity index (χ0) is 33.6. The number of fused-ring (bicyclic) bond motifs is 3. The Bertz CT molecular complexity index is 2050. The molecule has 246 valence electrons. The van der Waals surface area contributed by atoms with Gasteiger partial charge in [0, 0.05) is 43.9 Å². The fourth-order valence-corrected chi connectivity index (χ4v) is 6.50. The number of aryl methyl sites for hydroxylation is 2. The predicted molar refractivity (Wildman–Crippen MR) is 167 cm³/mol. The topological polar surface area (TPSA) is 105 Å². The van der Waals surface area contributed by atoms with E-state index in [1.54, 1.807) is 46.5 Å². The van der Waals surface area contributed by atoms with Crippen LogP contribution in [0.15, 0.2) is 47.4 Å². The summed E-state index contributed by atoms with van der Waals surface area (Å²) in [5.74, 6) is -3.46. The molecule has 1 aliphatic rings. The molecule has 0 bridgehead atoms. The third kappa shape index (κ3) is 6.24. The van der Waals surface area contributed by atoms with Crippen LogP contribution in [0.1, 0.15) is 33.9 Å². The number of ether oxygens (including phenoxy) is 3. The van der Waals surface area contributed by atoms with Crippen LogP contribution in [0.4, 0.5) is 17.6 Å². The number of thiol groups is 1. The second-order valence-corrected chi connectivity index (χ2v) is 11.8. The molecular formula is C32H26ClF4N3O6S. The maximum Gasteiger partial charge on any atom is 0.490 e. The van der Waals surface area contributed by atoms with Crippen molar-refractivity contribution in [1.29, 1.82) is 0 Å². The number of alkyl halides is 3. The Kier molecular flexibility index (Phi) is 8.85. The van der Waals surface area contributed by atoms with Gasteiger partial charge in [0.1, 0.15) is 29.6 Å². The van der Waals surface area contributed by atoms with E-state index >= 15 is 0 Å². The quantitative estimate of drug-likeness (QED) is 0.0721. The van der Waals surface area contributed by atoms with Gasteiger partial charge in [-0.25, -0.2) is 14.0 Å². The Balaban J connectivity index is 1.37. The smallest absolute Gasteiger partial charge is 0.490 e. The lowest BCUT2D eigenvalue weighted by molar-refractivity contribution is -0.201. The number of carboxylic acids is 1. The van der Waals surface area contributed by atoms with E-state index < -0.39 is 30.5 Å². The molecule has 0 atom stereocenters. The zero-order valence-electron chi connectivity index (χ0n) is 24.7. The fraction of sp³-hybridized carbons (Fsp3) is 0.281. The third-order valence-corrected chi connectivity index (χ3v) is 8.48. The molecule has 1 N–H and O–H groups in total. The van der Waals surface area contributed by atoms with Gasteiger partial charge in [-0.2, -0.15) is 18.3 Å². The third-order valence-electron chi connectivity index (χ3n) is 7.91. The lowest BCUT2D eigenvalue weighted by Gasteiger charge is -2.17. The molecule has 0 spiro atoms. The average Bonchev–Trinajstić information content (AvgIpc) is 3.51. The van der Waals surface area contributed by atoms with E-state index in [2.05, 4.69) is 22.5 Å². The van der Waals surface area contributed by atoms with Crippen LogP contribution in [0.5, 0.6) is 5.75 Å². The summed E-state index contributed by atoms with van der Waals surface area (Å²) in [7, 11) is 0. The molecule has 9 nitrogen and oxygen atoms in total. The molecule has 0 fully saturated rings. The van der Waals surface area contributed by atoms with E-state index in [4.69, 9.17) is 21.1 Å². The summed E-state index contributed by atoms with van der Waals surface area (Å²) >= 11 is 11.1. The molecule has 1 aliphatic heterocycles. The molecule has 0 aliphatic carbocycles. The van der Waals surface area contributed by atoms with Gasteiger partial charge < -0.3 is 23.9 Å². The second kappa shape index (κ2) is 12.7. The molecule has 5 aromatic rings. The van der Waals surface area contributed by atoms with Crippen molar-refractivity contribution in [2.75, 3.05) is 13.2 Å². The van der Waals surface area contributed by atoms with Gasteiger partial charge in [-0.3, -0.25) is 4.68 Å². The van der Waals surface area contributed by atoms with Crippen molar-refractivity contribution in [3.8, 4) is 16.9 Å². The molecule has 15 heteroatoms. The molecular weight excluding hydrogens is 666 g/mol. The number of benzene rings is 3. The van der Waals surface area contributed by atoms with Gasteiger partial charge in [-0.15, -0.1) is 12.6 Å². The molecule has 0 saturated carbocycles. The standard InChI is InChI=1S/C32H26ClF4N3O6S/c1-16-26-23(39(29(16)30(41)42)7-2-9-45-25-13-19(47)12-17-11-18(34)3-4-20(17)25)6-5-21(33)27(26)28-22(14-46-31(43)32(35,36)37)38-40-8-10-44-15-24(28)40/h3-6,11-13,47H,2,7-10,14-15H2,1H3,(H,41,42). The van der Waals surface area contributed by atoms with Crippen LogP contribution in [0.3, 0.4) is 0 Å². The van der Waals surface area contributed by atoms with Crippen molar-refractivity contribution < 1.29 is 46.5 Å². The highest BCUT2D eigenvalue weighted by molar-refractivity contribution is 7.80. The summed E-state index contributed by atoms with van der Waals surface area (Å²) in [6.45, 7) is 1.88. The molecule has 0 amide bonds. The van der Waals surface area contributed by atoms with Crippen molar-refractivity contribution >= 4 is 57.8 Å². The van der Waals surface area contributed by atoms with Gasteiger partial charge in [-0.05, 0) is 66.8 Å². The number of hydrogen-bond acceptors (Lipinski definition) is 7. The molecule has 6 rings (SSSR count). The van der Waals surface area contributed by atoms with Crippen molar-refractivity contribution in [3.63, 3.8) is 0 Å². The second-order valence-electron chi connectivity index (χ2n) is 10.9. The Morgan fingerprint density at radius 3 is 2.68 bits per heavy atom. The molecule has 3 aromatic carbocycles. The fourth-order valence-electron chi connectivity index (χ4n) is 5.99. The van der Waals surface area contributed by atoms with Crippen LogP contribution in [0.2, 0.25) is 5.02 Å². The first kappa shape index (κ1) is 32.7. The van der Waals surface area contributed by atoms with Gasteiger partial charge >= 0.3 is 18.1 Å². The van der Waals surface area contributed by atoms with Crippen LogP contribution in [-0.2, 0) is 40.6 Å². The summed E-state index contributed by atoms with van der Waals surface area (Å²) in [5, 5.41) is 16.7. The van der Waals surface area contributed by atoms with Crippen LogP contribution in [-0.4, -0.2) is 50.8 Å². The number of hydrogen-bond donors (Lipinski definition) is 2. The Hall–Kier alpha value is -4.27. The first-order valence-electron chi connectivity index (χ1n) is 14.4. The zero-order valence-corrected chi connectivity index (χ0v) is 26.3. The molecule has 2 aromatic heterocycles. The number of aromatic carboxylic acids is 1. The number of aromatic nitrogens is 3. The van der Waals surface area contributed by atoms with Gasteiger partial charge in [0.05, 0.1) is 32.1 Å². The van der Waals surface area contributed by atoms with Gasteiger partial charge in [0.25, 0.3) is 0 Å². The highest BCUT2D eigenvalue weighted by Gasteiger charge is 2.41. The van der Waals surface area contributed by atoms with Crippen molar-refractivity contribution in [3.05, 3.63) is 75.9 Å². The summed E-state index contributed by atoms with van der Waals surface area (Å²) < 4.78 is 72.0. The Morgan fingerprint density at radius 1 is 1.15 bits per heavy atom. The predicted octanol–water partition coefficient (Wildman–Crippen LogP) is 7.35. The first-order chi connectivity index (χ1) is 22.3. The minimum absolute atomic E-state index is 0.0101. The largest absolute Gasteiger partial charge is 0.493 e. The van der Waals surface area contributed by atoms with E-state index in [1.807, 2.05) is 0 Å². The number of halogens is 5. The maximum absolute atomic E-state index is 13.8. The van der Waals surface area contributed by atoms with E-state index in [9.17, 15) is 32.3 Å². The number of nitrogens with zero attached hydrogens (tertiary/aromatic N) is 3. The molecule has 0 saturated heterocycles. The van der Waals surface area contributed by atoms with Crippen LogP contribution < -0.4 is 4.74 Å². The minimum Gasteiger partial charge on any atom is -0.493 e. The number of carbonyl (C=O) groups excluding carboxylic acids is 1. The lowest BCUT2D eigenvalue weighted by atomic mass is 9.96. The molecule has 0 radical (unpaired) electrons. The van der Waals surface area contributed by atoms with E-state index in [0.29, 0.717) is 74.3 Å². The summed E-state index contributed by atoms with van der Waals surface area (Å²) in [4.78, 5) is 24.8. The van der Waals surface area contributed by atoms with Crippen molar-refractivity contribution in [2.45, 2.75) is 50.7 Å². The average molecular weight is 692 g/mol. The van der Waals surface area contributed by atoms with E-state index in [0.717, 1.165) is 0 Å². The molecule has 3 heterocycles. The number of rotatable bonds is 9. The Labute approximate surface area is 275 Å². The van der Waals surface area contributed by atoms with Gasteiger partial charge in [0.15, 0.2) is 0 Å². The highest BCUT2D eigenvalue weighted by atomic mass is 35.5. The minimum atomic E-state index is -5.20. The highest BCUT2D eigenvalue weighted by Crippen LogP contribution is 2.43. The molecule has 47 heavy (non-hydrogen) atoms. The normalized spacial score (nSPS) is 13.3. The van der Waals surface area contributed by atoms with Crippen LogP contribution >= 0.6 is 24.2 Å². The monoisotopic (exact) mass is 691 g/mol. The van der Waals surface area contributed by atoms with E-state index in [1.165, 1.54) is 12.1 Å². The summed E-state index contributed by atoms with van der Waals surface area (Å²) in [5.41, 5.74) is 2.04. The maximum atomic E-state index is 13.8.